The third-order valence-corrected chi connectivity index (χ3v) is 6.36. The fourth-order valence-corrected chi connectivity index (χ4v) is 4.06. The number of carboxylic acids is 1. The number of carboxylic acid groups (broad SMARTS) is 1. The molecule has 0 aliphatic heterocycles. The SMILES string of the molecule is CCC(C)(CC)NS(=O)(=O)c1cc(Br)c(Cl)c(C(=O)O)c1. The number of nitrogens with one attached hydrogen (secondary N) is 1. The van der Waals surface area contributed by atoms with Crippen molar-refractivity contribution in [2.45, 2.75) is 44.0 Å². The second kappa shape index (κ2) is 6.64. The van der Waals surface area contributed by atoms with E-state index >= 15 is 0 Å². The molecule has 0 spiro atoms. The summed E-state index contributed by atoms with van der Waals surface area (Å²) in [5.41, 5.74) is -0.852. The highest BCUT2D eigenvalue weighted by molar-refractivity contribution is 9.10. The molecule has 0 heterocycles. The Kier molecular flexibility index (Phi) is 5.83. The standard InChI is InChI=1S/C13H17BrClNO4S/c1-4-13(3,5-2)16-21(19,20)8-6-9(12(17)18)11(15)10(14)7-8/h6-7,16H,4-5H2,1-3H3,(H,17,18). The van der Waals surface area contributed by atoms with Gasteiger partial charge in [0.15, 0.2) is 0 Å². The average Bonchev–Trinajstić information content (AvgIpc) is 2.40. The number of halogens is 2. The summed E-state index contributed by atoms with van der Waals surface area (Å²) < 4.78 is 27.7. The van der Waals surface area contributed by atoms with Gasteiger partial charge in [-0.3, -0.25) is 0 Å². The van der Waals surface area contributed by atoms with Crippen molar-refractivity contribution in [3.8, 4) is 0 Å². The molecule has 0 fully saturated rings. The summed E-state index contributed by atoms with van der Waals surface area (Å²) >= 11 is 8.94. The van der Waals surface area contributed by atoms with Gasteiger partial charge in [-0.2, -0.15) is 0 Å². The summed E-state index contributed by atoms with van der Waals surface area (Å²) in [6, 6.07) is 2.35. The van der Waals surface area contributed by atoms with Crippen LogP contribution < -0.4 is 4.72 Å². The van der Waals surface area contributed by atoms with Gasteiger partial charge in [0.1, 0.15) is 0 Å². The normalized spacial score (nSPS) is 12.4. The number of hydrogen-bond donors (Lipinski definition) is 2. The Morgan fingerprint density at radius 1 is 1.38 bits per heavy atom. The van der Waals surface area contributed by atoms with Crippen molar-refractivity contribution in [3.63, 3.8) is 0 Å². The summed E-state index contributed by atoms with van der Waals surface area (Å²) in [6.07, 6.45) is 1.23. The van der Waals surface area contributed by atoms with Gasteiger partial charge in [0.25, 0.3) is 0 Å². The number of benzene rings is 1. The minimum absolute atomic E-state index is 0.0322. The minimum Gasteiger partial charge on any atom is -0.478 e. The van der Waals surface area contributed by atoms with E-state index in [9.17, 15) is 13.2 Å². The summed E-state index contributed by atoms with van der Waals surface area (Å²) in [7, 11) is -3.84. The predicted molar refractivity (Wildman–Crippen MR) is 85.4 cm³/mol. The van der Waals surface area contributed by atoms with Crippen molar-refractivity contribution < 1.29 is 18.3 Å². The molecule has 0 saturated carbocycles. The van der Waals surface area contributed by atoms with Crippen LogP contribution in [0.2, 0.25) is 5.02 Å². The van der Waals surface area contributed by atoms with Crippen molar-refractivity contribution in [3.05, 3.63) is 27.2 Å². The van der Waals surface area contributed by atoms with Crippen LogP contribution >= 0.6 is 27.5 Å². The van der Waals surface area contributed by atoms with Crippen LogP contribution in [0.3, 0.4) is 0 Å². The quantitative estimate of drug-likeness (QED) is 0.766. The van der Waals surface area contributed by atoms with Crippen LogP contribution in [0, 0.1) is 0 Å². The smallest absolute Gasteiger partial charge is 0.337 e. The first-order chi connectivity index (χ1) is 9.56. The lowest BCUT2D eigenvalue weighted by Crippen LogP contribution is -2.44. The van der Waals surface area contributed by atoms with Crippen LogP contribution in [0.1, 0.15) is 44.0 Å². The number of sulfonamides is 1. The zero-order chi connectivity index (χ0) is 16.4. The highest BCUT2D eigenvalue weighted by Crippen LogP contribution is 2.30. The topological polar surface area (TPSA) is 83.5 Å². The number of carbonyl (C=O) groups is 1. The third-order valence-electron chi connectivity index (χ3n) is 3.48. The molecule has 0 aliphatic carbocycles. The van der Waals surface area contributed by atoms with Crippen LogP contribution in [0.4, 0.5) is 0 Å². The van der Waals surface area contributed by atoms with Gasteiger partial charge in [-0.1, -0.05) is 25.4 Å². The van der Waals surface area contributed by atoms with E-state index in [-0.39, 0.29) is 20.0 Å². The number of hydrogen-bond acceptors (Lipinski definition) is 3. The van der Waals surface area contributed by atoms with Gasteiger partial charge in [0.2, 0.25) is 10.0 Å². The Balaban J connectivity index is 3.36. The minimum atomic E-state index is -3.84. The third kappa shape index (κ3) is 4.18. The maximum atomic E-state index is 12.4. The molecule has 21 heavy (non-hydrogen) atoms. The second-order valence-electron chi connectivity index (χ2n) is 4.95. The molecule has 5 nitrogen and oxygen atoms in total. The first-order valence-corrected chi connectivity index (χ1v) is 8.98. The van der Waals surface area contributed by atoms with Gasteiger partial charge in [-0.15, -0.1) is 0 Å². The molecule has 0 saturated heterocycles. The van der Waals surface area contributed by atoms with Gasteiger partial charge in [-0.05, 0) is 47.8 Å². The molecule has 1 rings (SSSR count). The van der Waals surface area contributed by atoms with Crippen LogP contribution in [0.15, 0.2) is 21.5 Å². The lowest BCUT2D eigenvalue weighted by Gasteiger charge is -2.28. The van der Waals surface area contributed by atoms with E-state index in [0.717, 1.165) is 6.07 Å². The Morgan fingerprint density at radius 3 is 2.33 bits per heavy atom. The zero-order valence-corrected chi connectivity index (χ0v) is 15.1. The summed E-state index contributed by atoms with van der Waals surface area (Å²) in [5.74, 6) is -1.29. The van der Waals surface area contributed by atoms with Crippen molar-refractivity contribution in [1.82, 2.24) is 4.72 Å². The van der Waals surface area contributed by atoms with Crippen LogP contribution in [-0.4, -0.2) is 25.0 Å². The highest BCUT2D eigenvalue weighted by atomic mass is 79.9. The Bertz CT molecular complexity index is 656. The number of aromatic carboxylic acids is 1. The molecule has 2 N–H and O–H groups in total. The van der Waals surface area contributed by atoms with Gasteiger partial charge < -0.3 is 5.11 Å². The van der Waals surface area contributed by atoms with E-state index in [4.69, 9.17) is 16.7 Å². The highest BCUT2D eigenvalue weighted by Gasteiger charge is 2.29. The molecule has 0 unspecified atom stereocenters. The van der Waals surface area contributed by atoms with E-state index in [1.807, 2.05) is 13.8 Å². The fraction of sp³-hybridized carbons (Fsp3) is 0.462. The maximum absolute atomic E-state index is 12.4. The van der Waals surface area contributed by atoms with E-state index < -0.39 is 21.5 Å². The largest absolute Gasteiger partial charge is 0.478 e. The van der Waals surface area contributed by atoms with Crippen LogP contribution in [-0.2, 0) is 10.0 Å². The van der Waals surface area contributed by atoms with Gasteiger partial charge in [0, 0.05) is 10.0 Å². The van der Waals surface area contributed by atoms with Crippen molar-refractivity contribution in [2.24, 2.45) is 0 Å². The van der Waals surface area contributed by atoms with Gasteiger partial charge in [0.05, 0.1) is 15.5 Å². The lowest BCUT2D eigenvalue weighted by molar-refractivity contribution is 0.0696. The van der Waals surface area contributed by atoms with Crippen molar-refractivity contribution >= 4 is 43.5 Å². The molecule has 0 bridgehead atoms. The van der Waals surface area contributed by atoms with Gasteiger partial charge >= 0.3 is 5.97 Å². The summed E-state index contributed by atoms with van der Waals surface area (Å²) in [6.45, 7) is 5.56. The number of rotatable bonds is 6. The van der Waals surface area contributed by atoms with E-state index in [1.54, 1.807) is 6.92 Å². The average molecular weight is 399 g/mol. The van der Waals surface area contributed by atoms with Crippen LogP contribution in [0.5, 0.6) is 0 Å². The van der Waals surface area contributed by atoms with Crippen molar-refractivity contribution in [2.75, 3.05) is 0 Å². The molecule has 0 amide bonds. The molecule has 8 heteroatoms. The molecule has 1 aromatic carbocycles. The van der Waals surface area contributed by atoms with E-state index in [2.05, 4.69) is 20.7 Å². The molecule has 0 aliphatic rings. The van der Waals surface area contributed by atoms with E-state index in [0.29, 0.717) is 12.8 Å². The van der Waals surface area contributed by atoms with Crippen LogP contribution in [0.25, 0.3) is 0 Å². The summed E-state index contributed by atoms with van der Waals surface area (Å²) in [5, 5.41) is 9.05. The molecule has 1 aromatic rings. The zero-order valence-electron chi connectivity index (χ0n) is 11.9. The second-order valence-corrected chi connectivity index (χ2v) is 7.86. The fourth-order valence-electron chi connectivity index (χ4n) is 1.65. The Morgan fingerprint density at radius 2 is 1.90 bits per heavy atom. The predicted octanol–water partition coefficient (Wildman–Crippen LogP) is 3.66. The maximum Gasteiger partial charge on any atom is 0.337 e. The van der Waals surface area contributed by atoms with E-state index in [1.165, 1.54) is 6.07 Å². The molecule has 0 aromatic heterocycles. The van der Waals surface area contributed by atoms with Crippen molar-refractivity contribution in [1.29, 1.82) is 0 Å². The molecule has 118 valence electrons. The molecule has 0 radical (unpaired) electrons. The first kappa shape index (κ1) is 18.4. The first-order valence-electron chi connectivity index (χ1n) is 6.32. The van der Waals surface area contributed by atoms with Gasteiger partial charge in [-0.25, -0.2) is 17.9 Å². The monoisotopic (exact) mass is 397 g/mol. The summed E-state index contributed by atoms with van der Waals surface area (Å²) in [4.78, 5) is 11.0. The molecular formula is C13H17BrClNO4S. The molecule has 0 atom stereocenters. The Labute approximate surface area is 137 Å². The Hall–Kier alpha value is -0.630. The molecular weight excluding hydrogens is 382 g/mol. The lowest BCUT2D eigenvalue weighted by atomic mass is 9.98.